The zero-order chi connectivity index (χ0) is 33.7. The van der Waals surface area contributed by atoms with Crippen LogP contribution >= 0.6 is 0 Å². The number of nitrogens with zero attached hydrogens (tertiary/aromatic N) is 2. The fourth-order valence-electron chi connectivity index (χ4n) is 4.18. The van der Waals surface area contributed by atoms with Crippen LogP contribution in [0.15, 0.2) is 10.3 Å². The molecule has 0 aromatic carbocycles. The van der Waals surface area contributed by atoms with Crippen LogP contribution in [-0.2, 0) is 20.8 Å². The molecular formula is C23H55N6NaO11S2. The summed E-state index contributed by atoms with van der Waals surface area (Å²) >= 11 is 0. The summed E-state index contributed by atoms with van der Waals surface area (Å²) in [6, 6.07) is 1.05. The molecule has 0 aromatic rings. The van der Waals surface area contributed by atoms with Crippen LogP contribution in [-0.4, -0.2) is 92.8 Å². The van der Waals surface area contributed by atoms with Gasteiger partial charge >= 0.3 is 50.4 Å². The molecule has 17 nitrogen and oxygen atoms in total. The molecule has 0 spiro atoms. The van der Waals surface area contributed by atoms with Crippen molar-refractivity contribution < 1.29 is 81.6 Å². The van der Waals surface area contributed by atoms with Crippen LogP contribution in [0.3, 0.4) is 0 Å². The maximum atomic E-state index is 8.74. The van der Waals surface area contributed by atoms with Crippen LogP contribution in [0.5, 0.6) is 0 Å². The summed E-state index contributed by atoms with van der Waals surface area (Å²) in [5.41, 5.74) is 24.0. The average molecular weight is 679 g/mol. The summed E-state index contributed by atoms with van der Waals surface area (Å²) in [6.45, 7) is 8.50. The Morgan fingerprint density at radius 1 is 0.674 bits per heavy atom. The van der Waals surface area contributed by atoms with E-state index in [1.807, 2.05) is 0 Å². The third-order valence-corrected chi connectivity index (χ3v) is 6.42. The molecule has 0 aromatic heterocycles. The number of hydrogen-bond acceptors (Lipinski definition) is 13. The van der Waals surface area contributed by atoms with Crippen molar-refractivity contribution in [1.82, 2.24) is 0 Å². The molecule has 3 aliphatic rings. The Morgan fingerprint density at radius 3 is 1.21 bits per heavy atom. The predicted molar refractivity (Wildman–Crippen MR) is 162 cm³/mol. The normalized spacial score (nSPS) is 30.4. The van der Waals surface area contributed by atoms with E-state index >= 15 is 0 Å². The molecule has 0 saturated heterocycles. The maximum Gasteiger partial charge on any atom is 1.00 e. The second kappa shape index (κ2) is 26.7. The summed E-state index contributed by atoms with van der Waals surface area (Å²) in [6.07, 6.45) is 9.38. The first-order valence-electron chi connectivity index (χ1n) is 13.5. The largest absolute Gasteiger partial charge is 1.00 e. The van der Waals surface area contributed by atoms with Gasteiger partial charge in [-0.05, 0) is 82.5 Å². The van der Waals surface area contributed by atoms with Crippen LogP contribution in [0.4, 0.5) is 0 Å². The van der Waals surface area contributed by atoms with Crippen LogP contribution in [0.1, 0.15) is 86.9 Å². The van der Waals surface area contributed by atoms with Crippen molar-refractivity contribution in [2.24, 2.45) is 51.0 Å². The predicted octanol–water partition coefficient (Wildman–Crippen LogP) is -1.80. The van der Waals surface area contributed by atoms with Crippen LogP contribution < -0.4 is 52.5 Å². The smallest absolute Gasteiger partial charge is 1.00 e. The van der Waals surface area contributed by atoms with Gasteiger partial charge in [-0.3, -0.25) is 18.2 Å². The Morgan fingerprint density at radius 2 is 0.977 bits per heavy atom. The molecule has 0 radical (unpaired) electrons. The summed E-state index contributed by atoms with van der Waals surface area (Å²) < 4.78 is 63.2. The van der Waals surface area contributed by atoms with Crippen molar-refractivity contribution in [2.75, 3.05) is 6.61 Å². The van der Waals surface area contributed by atoms with Gasteiger partial charge in [-0.2, -0.15) is 16.8 Å². The second-order valence-electron chi connectivity index (χ2n) is 10.6. The second-order valence-corrected chi connectivity index (χ2v) is 12.4. The van der Waals surface area contributed by atoms with E-state index in [0.29, 0.717) is 30.2 Å². The Kier molecular flexibility index (Phi) is 30.6. The van der Waals surface area contributed by atoms with Gasteiger partial charge in [0.2, 0.25) is 0 Å². The summed E-state index contributed by atoms with van der Waals surface area (Å²) in [7, 11) is -9.33. The molecule has 7 atom stereocenters. The summed E-state index contributed by atoms with van der Waals surface area (Å²) in [4.78, 5) is 0. The first kappa shape index (κ1) is 49.4. The minimum absolute atomic E-state index is 0. The van der Waals surface area contributed by atoms with E-state index in [4.69, 9.17) is 73.5 Å². The Balaban J connectivity index is -0.000000143. The molecular weight excluding hydrogens is 623 g/mol. The number of aliphatic hydroxyl groups is 1. The first-order chi connectivity index (χ1) is 19.1. The van der Waals surface area contributed by atoms with Gasteiger partial charge in [0.05, 0.1) is 0 Å². The van der Waals surface area contributed by atoms with Crippen molar-refractivity contribution in [1.29, 1.82) is 0 Å². The van der Waals surface area contributed by atoms with Crippen molar-refractivity contribution >= 4 is 32.2 Å². The average Bonchev–Trinajstić information content (AvgIpc) is 2.83. The molecule has 3 unspecified atom stereocenters. The van der Waals surface area contributed by atoms with Gasteiger partial charge in [-0.1, -0.05) is 31.1 Å². The van der Waals surface area contributed by atoms with Gasteiger partial charge in [-0.25, -0.2) is 0 Å². The topological polar surface area (TPSA) is 339 Å². The molecule has 0 amide bonds. The van der Waals surface area contributed by atoms with E-state index in [9.17, 15) is 0 Å². The summed E-state index contributed by atoms with van der Waals surface area (Å²) in [5.74, 6) is 2.10. The van der Waals surface area contributed by atoms with E-state index in [0.717, 1.165) is 43.9 Å². The zero-order valence-corrected chi connectivity index (χ0v) is 29.5. The van der Waals surface area contributed by atoms with E-state index < -0.39 is 20.8 Å². The number of oxime groups is 2. The molecule has 0 aliphatic heterocycles. The number of aliphatic hydroxyl groups excluding tert-OH is 1. The Hall–Kier alpha value is -0.520. The molecule has 3 fully saturated rings. The van der Waals surface area contributed by atoms with Crippen molar-refractivity contribution in [3.8, 4) is 0 Å². The molecule has 3 aliphatic carbocycles. The van der Waals surface area contributed by atoms with E-state index in [-0.39, 0.29) is 61.8 Å². The molecule has 256 valence electrons. The van der Waals surface area contributed by atoms with Gasteiger partial charge in [-0.15, -0.1) is 0 Å². The third kappa shape index (κ3) is 35.8. The van der Waals surface area contributed by atoms with E-state index in [1.54, 1.807) is 6.92 Å². The number of nitrogens with two attached hydrogens (primary N) is 4. The fraction of sp³-hybridized carbons (Fsp3) is 0.913. The molecule has 0 heterocycles. The molecule has 43 heavy (non-hydrogen) atoms. The van der Waals surface area contributed by atoms with E-state index in [1.165, 1.54) is 12.8 Å². The van der Waals surface area contributed by atoms with Crippen molar-refractivity contribution in [2.45, 2.75) is 110 Å². The quantitative estimate of drug-likeness (QED) is 0.0582. The van der Waals surface area contributed by atoms with Crippen LogP contribution in [0.2, 0.25) is 0 Å². The molecule has 0 bridgehead atoms. The SMILES string of the molecule is CC1CCC(=NO)C(=NO)C1.CC1CC[C@@H](N)[C@H](N)C1.CC1CC[C@H](N)[C@@H](N)C1.CCO.O=S(=O)(O)O.O=S(=O)(O)O.[H-].[Na+]. The summed E-state index contributed by atoms with van der Waals surface area (Å²) in [5, 5.41) is 30.7. The fourth-order valence-corrected chi connectivity index (χ4v) is 4.18. The van der Waals surface area contributed by atoms with Crippen LogP contribution in [0.25, 0.3) is 0 Å². The Labute approximate surface area is 279 Å². The standard InChI is InChI=1S/C7H12N2O2.2C7H16N2.C2H6O.Na.2H2O4S.H/c1-5-2-3-6(8-10)7(4-5)9-11;2*1-5-2-3-6(8)7(9)4-5;1-2-3;;2*1-5(2,3)4;/h5,10-11H,2-4H2,1H3;2*5-7H,2-4,8-9H2,1H3;3H,2H2,1H3;;2*(H2,1,2,3,4);/q;;;;+1;;;-1/t;2*5?,6-,7-;;;;;/m.10...../s1. The minimum Gasteiger partial charge on any atom is -1.00 e. The molecule has 3 saturated carbocycles. The number of hydrogen-bond donors (Lipinski definition) is 11. The van der Waals surface area contributed by atoms with Gasteiger partial charge in [0.15, 0.2) is 0 Å². The van der Waals surface area contributed by atoms with Gasteiger partial charge < -0.3 is 39.9 Å². The van der Waals surface area contributed by atoms with E-state index in [2.05, 4.69) is 31.1 Å². The Bertz CT molecular complexity index is 912. The number of rotatable bonds is 0. The molecule has 15 N–H and O–H groups in total. The first-order valence-corrected chi connectivity index (χ1v) is 16.3. The van der Waals surface area contributed by atoms with Gasteiger partial charge in [0.25, 0.3) is 0 Å². The monoisotopic (exact) mass is 678 g/mol. The maximum absolute atomic E-state index is 8.74. The van der Waals surface area contributed by atoms with Gasteiger partial charge in [0.1, 0.15) is 11.4 Å². The molecule has 20 heteroatoms. The molecule has 3 rings (SSSR count). The minimum atomic E-state index is -4.67. The zero-order valence-electron chi connectivity index (χ0n) is 26.9. The van der Waals surface area contributed by atoms with Gasteiger partial charge in [0, 0.05) is 30.8 Å². The van der Waals surface area contributed by atoms with Crippen LogP contribution in [0, 0.1) is 17.8 Å². The van der Waals surface area contributed by atoms with Crippen molar-refractivity contribution in [3.05, 3.63) is 0 Å². The third-order valence-electron chi connectivity index (χ3n) is 6.42. The van der Waals surface area contributed by atoms with Crippen molar-refractivity contribution in [3.63, 3.8) is 0 Å².